The molecule has 1 rings (SSSR count). The summed E-state index contributed by atoms with van der Waals surface area (Å²) in [4.78, 5) is 0. The molecule has 0 aromatic carbocycles. The first-order chi connectivity index (χ1) is 4.00. The zero-order chi connectivity index (χ0) is 5.66. The van der Waals surface area contributed by atoms with Crippen LogP contribution in [-0.4, -0.2) is 0 Å². The van der Waals surface area contributed by atoms with Crippen LogP contribution in [0.5, 0.6) is 0 Å². The fraction of sp³-hybridized carbons (Fsp3) is 0.500. The van der Waals surface area contributed by atoms with Gasteiger partial charge in [0.15, 0.2) is 0 Å². The van der Waals surface area contributed by atoms with Crippen LogP contribution in [0.1, 0.15) is 25.7 Å². The van der Waals surface area contributed by atoms with Gasteiger partial charge in [0, 0.05) is 0 Å². The minimum absolute atomic E-state index is 0. The van der Waals surface area contributed by atoms with Crippen molar-refractivity contribution < 1.29 is 45.0 Å². The third kappa shape index (κ3) is 5.39. The molecule has 0 spiro atoms. The van der Waals surface area contributed by atoms with Gasteiger partial charge in [-0.1, -0.05) is 24.3 Å². The molecule has 9 heavy (non-hydrogen) atoms. The number of hydrogen-bond acceptors (Lipinski definition) is 0. The van der Waals surface area contributed by atoms with Crippen molar-refractivity contribution in [1.29, 1.82) is 0 Å². The Hall–Kier alpha value is 0.948. The van der Waals surface area contributed by atoms with Crippen molar-refractivity contribution in [2.75, 3.05) is 0 Å². The Morgan fingerprint density at radius 1 is 0.556 bits per heavy atom. The molecule has 1 aliphatic carbocycles. The van der Waals surface area contributed by atoms with Gasteiger partial charge in [0.1, 0.15) is 0 Å². The molecule has 0 saturated carbocycles. The Bertz CT molecular complexity index is 77.1. The predicted molar refractivity (Wildman–Crippen MR) is 39.5 cm³/mol. The molecule has 0 bridgehead atoms. The van der Waals surface area contributed by atoms with E-state index in [9.17, 15) is 0 Å². The van der Waals surface area contributed by atoms with E-state index >= 15 is 0 Å². The standard InChI is InChI=1S/C8H12.Ra.2H/c1-2-4-6-8-7-5-3-1;;;/h1-2,7-8H,3-6H2;;;. The fourth-order valence-electron chi connectivity index (χ4n) is 0.856. The van der Waals surface area contributed by atoms with Gasteiger partial charge in [-0.2, -0.15) is 0 Å². The van der Waals surface area contributed by atoms with Gasteiger partial charge in [-0.15, -0.1) is 0 Å². The number of rotatable bonds is 0. The molecule has 48 valence electrons. The van der Waals surface area contributed by atoms with Crippen molar-refractivity contribution in [1.82, 2.24) is 0 Å². The SMILES string of the molecule is C1=CCCC=CCC1.[RaH2]. The van der Waals surface area contributed by atoms with Gasteiger partial charge in [0.25, 0.3) is 0 Å². The summed E-state index contributed by atoms with van der Waals surface area (Å²) in [7, 11) is 0. The summed E-state index contributed by atoms with van der Waals surface area (Å²) in [5.74, 6) is 0. The summed E-state index contributed by atoms with van der Waals surface area (Å²) >= 11 is 0. The van der Waals surface area contributed by atoms with E-state index in [1.54, 1.807) is 0 Å². The fourth-order valence-corrected chi connectivity index (χ4v) is 0.856. The zero-order valence-corrected chi connectivity index (χ0v) is 5.14. The summed E-state index contributed by atoms with van der Waals surface area (Å²) in [6.07, 6.45) is 14.0. The van der Waals surface area contributed by atoms with Gasteiger partial charge in [0.05, 0.1) is 0 Å². The van der Waals surface area contributed by atoms with Crippen LogP contribution in [0.2, 0.25) is 0 Å². The van der Waals surface area contributed by atoms with E-state index in [2.05, 4.69) is 24.3 Å². The Morgan fingerprint density at radius 2 is 0.778 bits per heavy atom. The number of allylic oxidation sites excluding steroid dienone is 4. The molecule has 0 atom stereocenters. The molecule has 0 amide bonds. The Morgan fingerprint density at radius 3 is 1.00 bits per heavy atom. The average molecular weight is 336 g/mol. The molecule has 0 aromatic rings. The minimum atomic E-state index is 0. The summed E-state index contributed by atoms with van der Waals surface area (Å²) in [5, 5.41) is 0. The maximum absolute atomic E-state index is 2.27. The van der Waals surface area contributed by atoms with Crippen LogP contribution in [0.3, 0.4) is 0 Å². The topological polar surface area (TPSA) is 0 Å². The van der Waals surface area contributed by atoms with Crippen molar-refractivity contribution in [3.05, 3.63) is 24.3 Å². The second-order valence-electron chi connectivity index (χ2n) is 2.10. The second kappa shape index (κ2) is 7.06. The van der Waals surface area contributed by atoms with Crippen LogP contribution in [-0.2, 0) is 0 Å². The quantitative estimate of drug-likeness (QED) is 0.595. The van der Waals surface area contributed by atoms with E-state index in [1.807, 2.05) is 0 Å². The third-order valence-corrected chi connectivity index (χ3v) is 1.33. The molecular weight excluding hydrogens is 322 g/mol. The third-order valence-electron chi connectivity index (χ3n) is 1.33. The Labute approximate surface area is 93.9 Å². The van der Waals surface area contributed by atoms with Gasteiger partial charge in [0.2, 0.25) is 0 Å². The maximum atomic E-state index is 2.27. The molecule has 0 nitrogen and oxygen atoms in total. The first kappa shape index (κ1) is 9.95. The van der Waals surface area contributed by atoms with Gasteiger partial charge in [-0.25, -0.2) is 0 Å². The van der Waals surface area contributed by atoms with Gasteiger partial charge >= 0.3 is 45.0 Å². The van der Waals surface area contributed by atoms with Crippen LogP contribution in [0.25, 0.3) is 0 Å². The van der Waals surface area contributed by atoms with E-state index in [0.29, 0.717) is 0 Å². The average Bonchev–Trinajstić information content (AvgIpc) is 1.62. The molecule has 1 aliphatic rings. The molecule has 0 aromatic heterocycles. The van der Waals surface area contributed by atoms with Crippen molar-refractivity contribution in [2.24, 2.45) is 0 Å². The molecule has 1 heteroatoms. The van der Waals surface area contributed by atoms with Gasteiger partial charge in [-0.3, -0.25) is 0 Å². The van der Waals surface area contributed by atoms with Crippen LogP contribution in [0.15, 0.2) is 24.3 Å². The van der Waals surface area contributed by atoms with Crippen LogP contribution in [0, 0.1) is 45.0 Å². The van der Waals surface area contributed by atoms with Crippen LogP contribution >= 0.6 is 0 Å². The van der Waals surface area contributed by atoms with E-state index in [0.717, 1.165) is 0 Å². The summed E-state index contributed by atoms with van der Waals surface area (Å²) in [5.41, 5.74) is 0. The summed E-state index contributed by atoms with van der Waals surface area (Å²) in [6, 6.07) is 0. The van der Waals surface area contributed by atoms with Crippen molar-refractivity contribution in [3.8, 4) is 0 Å². The van der Waals surface area contributed by atoms with E-state index in [1.165, 1.54) is 25.7 Å². The molecular formula is C8H14Ra. The summed E-state index contributed by atoms with van der Waals surface area (Å²) < 4.78 is 0. The molecule has 0 N–H and O–H groups in total. The Balaban J connectivity index is 0.000000640. The van der Waals surface area contributed by atoms with Crippen molar-refractivity contribution in [3.63, 3.8) is 0 Å². The van der Waals surface area contributed by atoms with Crippen LogP contribution in [0.4, 0.5) is 0 Å². The first-order valence-corrected chi connectivity index (χ1v) is 3.30. The Kier molecular flexibility index (Phi) is 7.80. The second-order valence-corrected chi connectivity index (χ2v) is 2.10. The summed E-state index contributed by atoms with van der Waals surface area (Å²) in [6.45, 7) is 0. The predicted octanol–water partition coefficient (Wildman–Crippen LogP) is 2.14. The van der Waals surface area contributed by atoms with E-state index in [-0.39, 0.29) is 45.0 Å². The van der Waals surface area contributed by atoms with Crippen molar-refractivity contribution >= 4 is 0 Å². The van der Waals surface area contributed by atoms with Crippen molar-refractivity contribution in [2.45, 2.75) is 25.7 Å². The monoisotopic (exact) mass is 336 g/mol. The molecule has 0 heterocycles. The molecule has 0 aliphatic heterocycles. The number of hydrogen-bond donors (Lipinski definition) is 0. The van der Waals surface area contributed by atoms with E-state index < -0.39 is 0 Å². The van der Waals surface area contributed by atoms with Gasteiger partial charge in [-0.05, 0) is 25.7 Å². The molecule has 0 fully saturated rings. The zero-order valence-electron chi connectivity index (χ0n) is 5.14. The molecule has 0 unspecified atom stereocenters. The first-order valence-electron chi connectivity index (χ1n) is 3.30. The molecule has 0 saturated heterocycles. The normalized spacial score (nSPS) is 17.8. The molecule has 0 radical (unpaired) electrons. The van der Waals surface area contributed by atoms with Gasteiger partial charge < -0.3 is 0 Å². The van der Waals surface area contributed by atoms with Crippen LogP contribution < -0.4 is 0 Å². The van der Waals surface area contributed by atoms with E-state index in [4.69, 9.17) is 0 Å².